The normalized spacial score (nSPS) is 25.9. The van der Waals surface area contributed by atoms with Crippen LogP contribution in [0, 0.1) is 5.92 Å². The molecule has 0 radical (unpaired) electrons. The van der Waals surface area contributed by atoms with Gasteiger partial charge in [-0.25, -0.2) is 0 Å². The van der Waals surface area contributed by atoms with Crippen LogP contribution in [0.25, 0.3) is 0 Å². The predicted octanol–water partition coefficient (Wildman–Crippen LogP) is 0.397. The van der Waals surface area contributed by atoms with Crippen molar-refractivity contribution in [1.82, 2.24) is 0 Å². The second-order valence-electron chi connectivity index (χ2n) is 2.25. The fourth-order valence-corrected chi connectivity index (χ4v) is 0.902. The molecule has 3 N–H and O–H groups in total. The van der Waals surface area contributed by atoms with E-state index >= 15 is 0 Å². The fraction of sp³-hybridized carbons (Fsp3) is 0.429. The first-order chi connectivity index (χ1) is 4.33. The number of aliphatic hydroxyl groups excluding tert-OH is 1. The molecule has 1 aliphatic carbocycles. The van der Waals surface area contributed by atoms with Crippen molar-refractivity contribution in [1.29, 1.82) is 0 Å². The molecule has 0 aromatic heterocycles. The van der Waals surface area contributed by atoms with E-state index in [2.05, 4.69) is 0 Å². The lowest BCUT2D eigenvalue weighted by Gasteiger charge is -2.10. The number of hydrogen-bond donors (Lipinski definition) is 2. The molecular weight excluding hydrogens is 114 g/mol. The van der Waals surface area contributed by atoms with E-state index in [4.69, 9.17) is 10.8 Å². The van der Waals surface area contributed by atoms with Crippen LogP contribution in [0.5, 0.6) is 0 Å². The summed E-state index contributed by atoms with van der Waals surface area (Å²) in [5.41, 5.74) is 6.23. The Morgan fingerprint density at radius 2 is 2.56 bits per heavy atom. The molecular formula is C7H11NO. The van der Waals surface area contributed by atoms with Crippen LogP contribution in [0.1, 0.15) is 6.42 Å². The summed E-state index contributed by atoms with van der Waals surface area (Å²) < 4.78 is 0. The van der Waals surface area contributed by atoms with Gasteiger partial charge in [-0.2, -0.15) is 0 Å². The summed E-state index contributed by atoms with van der Waals surface area (Å²) in [6, 6.07) is 0. The smallest absolute Gasteiger partial charge is 0.0497 e. The average Bonchev–Trinajstić information content (AvgIpc) is 1.88. The van der Waals surface area contributed by atoms with E-state index in [1.807, 2.05) is 18.2 Å². The maximum absolute atomic E-state index is 8.67. The highest BCUT2D eigenvalue weighted by molar-refractivity contribution is 5.20. The SMILES string of the molecule is NC1=CC(CO)CC=C1. The van der Waals surface area contributed by atoms with Crippen LogP contribution in [0.15, 0.2) is 23.9 Å². The van der Waals surface area contributed by atoms with E-state index in [0.717, 1.165) is 12.1 Å². The summed E-state index contributed by atoms with van der Waals surface area (Å²) in [5, 5.41) is 8.67. The Balaban J connectivity index is 2.55. The Morgan fingerprint density at radius 3 is 3.00 bits per heavy atom. The van der Waals surface area contributed by atoms with E-state index in [-0.39, 0.29) is 12.5 Å². The lowest BCUT2D eigenvalue weighted by atomic mass is 10.0. The number of allylic oxidation sites excluding steroid dienone is 2. The summed E-state index contributed by atoms with van der Waals surface area (Å²) >= 11 is 0. The van der Waals surface area contributed by atoms with Gasteiger partial charge in [0.2, 0.25) is 0 Å². The molecule has 0 spiro atoms. The van der Waals surface area contributed by atoms with Gasteiger partial charge in [-0.05, 0) is 12.5 Å². The first kappa shape index (κ1) is 6.36. The van der Waals surface area contributed by atoms with Gasteiger partial charge < -0.3 is 10.8 Å². The van der Waals surface area contributed by atoms with Crippen LogP contribution < -0.4 is 5.73 Å². The van der Waals surface area contributed by atoms with Gasteiger partial charge >= 0.3 is 0 Å². The van der Waals surface area contributed by atoms with Crippen molar-refractivity contribution >= 4 is 0 Å². The molecule has 2 heteroatoms. The van der Waals surface area contributed by atoms with Gasteiger partial charge in [-0.3, -0.25) is 0 Å². The molecule has 1 rings (SSSR count). The third kappa shape index (κ3) is 1.57. The minimum atomic E-state index is 0.199. The van der Waals surface area contributed by atoms with E-state index in [1.165, 1.54) is 0 Å². The molecule has 0 heterocycles. The van der Waals surface area contributed by atoms with Crippen LogP contribution in [0.4, 0.5) is 0 Å². The van der Waals surface area contributed by atoms with Crippen molar-refractivity contribution < 1.29 is 5.11 Å². The highest BCUT2D eigenvalue weighted by Crippen LogP contribution is 2.12. The van der Waals surface area contributed by atoms with Gasteiger partial charge in [-0.1, -0.05) is 12.2 Å². The van der Waals surface area contributed by atoms with Gasteiger partial charge in [0.1, 0.15) is 0 Å². The summed E-state index contributed by atoms with van der Waals surface area (Å²) in [6.45, 7) is 0.199. The minimum Gasteiger partial charge on any atom is -0.399 e. The molecule has 0 bridgehead atoms. The molecule has 50 valence electrons. The lowest BCUT2D eigenvalue weighted by molar-refractivity contribution is 0.252. The Labute approximate surface area is 54.7 Å². The van der Waals surface area contributed by atoms with Gasteiger partial charge in [0.05, 0.1) is 0 Å². The maximum Gasteiger partial charge on any atom is 0.0497 e. The molecule has 0 aromatic rings. The van der Waals surface area contributed by atoms with Crippen LogP contribution in [0.2, 0.25) is 0 Å². The fourth-order valence-electron chi connectivity index (χ4n) is 0.902. The number of rotatable bonds is 1. The van der Waals surface area contributed by atoms with Crippen molar-refractivity contribution in [3.63, 3.8) is 0 Å². The van der Waals surface area contributed by atoms with Crippen LogP contribution >= 0.6 is 0 Å². The van der Waals surface area contributed by atoms with Crippen LogP contribution in [0.3, 0.4) is 0 Å². The molecule has 0 aliphatic heterocycles. The highest BCUT2D eigenvalue weighted by atomic mass is 16.3. The third-order valence-corrected chi connectivity index (χ3v) is 1.41. The Morgan fingerprint density at radius 1 is 1.78 bits per heavy atom. The molecule has 1 aliphatic rings. The van der Waals surface area contributed by atoms with Gasteiger partial charge in [-0.15, -0.1) is 0 Å². The molecule has 0 saturated heterocycles. The number of aliphatic hydroxyl groups is 1. The molecule has 1 unspecified atom stereocenters. The first-order valence-corrected chi connectivity index (χ1v) is 3.07. The van der Waals surface area contributed by atoms with Crippen molar-refractivity contribution in [3.8, 4) is 0 Å². The largest absolute Gasteiger partial charge is 0.399 e. The monoisotopic (exact) mass is 125 g/mol. The van der Waals surface area contributed by atoms with Crippen LogP contribution in [-0.4, -0.2) is 11.7 Å². The molecule has 0 fully saturated rings. The number of hydrogen-bond acceptors (Lipinski definition) is 2. The summed E-state index contributed by atoms with van der Waals surface area (Å²) in [7, 11) is 0. The van der Waals surface area contributed by atoms with Crippen LogP contribution in [-0.2, 0) is 0 Å². The number of nitrogens with two attached hydrogens (primary N) is 1. The molecule has 2 nitrogen and oxygen atoms in total. The quantitative estimate of drug-likeness (QED) is 0.532. The molecule has 9 heavy (non-hydrogen) atoms. The zero-order valence-electron chi connectivity index (χ0n) is 5.25. The standard InChI is InChI=1S/C7H11NO/c8-7-3-1-2-6(4-7)5-9/h1,3-4,6,9H,2,5,8H2. The third-order valence-electron chi connectivity index (χ3n) is 1.41. The van der Waals surface area contributed by atoms with Crippen molar-refractivity contribution in [2.45, 2.75) is 6.42 Å². The Kier molecular flexibility index (Phi) is 1.90. The van der Waals surface area contributed by atoms with Crippen molar-refractivity contribution in [2.75, 3.05) is 6.61 Å². The van der Waals surface area contributed by atoms with E-state index in [1.54, 1.807) is 0 Å². The molecule has 0 amide bonds. The van der Waals surface area contributed by atoms with Gasteiger partial charge in [0, 0.05) is 18.2 Å². The van der Waals surface area contributed by atoms with Crippen molar-refractivity contribution in [3.05, 3.63) is 23.9 Å². The van der Waals surface area contributed by atoms with Gasteiger partial charge in [0.15, 0.2) is 0 Å². The summed E-state index contributed by atoms with van der Waals surface area (Å²) in [6.07, 6.45) is 6.65. The highest BCUT2D eigenvalue weighted by Gasteiger charge is 2.04. The van der Waals surface area contributed by atoms with Crippen molar-refractivity contribution in [2.24, 2.45) is 11.7 Å². The summed E-state index contributed by atoms with van der Waals surface area (Å²) in [4.78, 5) is 0. The minimum absolute atomic E-state index is 0.199. The molecule has 0 aromatic carbocycles. The van der Waals surface area contributed by atoms with Gasteiger partial charge in [0.25, 0.3) is 0 Å². The zero-order valence-corrected chi connectivity index (χ0v) is 5.25. The van der Waals surface area contributed by atoms with E-state index in [9.17, 15) is 0 Å². The topological polar surface area (TPSA) is 46.2 Å². The maximum atomic E-state index is 8.67. The van der Waals surface area contributed by atoms with E-state index < -0.39 is 0 Å². The molecule has 1 atom stereocenters. The molecule has 0 saturated carbocycles. The van der Waals surface area contributed by atoms with E-state index in [0.29, 0.717) is 0 Å². The average molecular weight is 125 g/mol. The Bertz CT molecular complexity index is 149. The lowest BCUT2D eigenvalue weighted by Crippen LogP contribution is -2.08. The first-order valence-electron chi connectivity index (χ1n) is 3.07. The predicted molar refractivity (Wildman–Crippen MR) is 36.6 cm³/mol. The second-order valence-corrected chi connectivity index (χ2v) is 2.25. The summed E-state index contributed by atoms with van der Waals surface area (Å²) in [5.74, 6) is 0.245. The second kappa shape index (κ2) is 2.69. The Hall–Kier alpha value is -0.760. The zero-order chi connectivity index (χ0) is 6.69.